The van der Waals surface area contributed by atoms with E-state index >= 15 is 0 Å². The van der Waals surface area contributed by atoms with Gasteiger partial charge in [-0.2, -0.15) is 0 Å². The first-order chi connectivity index (χ1) is 14.1. The van der Waals surface area contributed by atoms with Crippen LogP contribution in [0.15, 0.2) is 36.4 Å². The Labute approximate surface area is 168 Å². The number of hydrogen-bond donors (Lipinski definition) is 3. The Morgan fingerprint density at radius 1 is 1.07 bits per heavy atom. The summed E-state index contributed by atoms with van der Waals surface area (Å²) in [6.45, 7) is 1.90. The van der Waals surface area contributed by atoms with Crippen LogP contribution in [0.3, 0.4) is 0 Å². The van der Waals surface area contributed by atoms with E-state index in [1.807, 2.05) is 24.3 Å². The normalized spacial score (nSPS) is 20.2. The molecule has 1 saturated heterocycles. The average Bonchev–Trinajstić information content (AvgIpc) is 3.31. The molecule has 2 aromatic carbocycles. The summed E-state index contributed by atoms with van der Waals surface area (Å²) in [7, 11) is 0. The van der Waals surface area contributed by atoms with Crippen molar-refractivity contribution in [1.82, 2.24) is 10.2 Å². The third kappa shape index (κ3) is 3.12. The molecule has 0 saturated carbocycles. The maximum absolute atomic E-state index is 13.1. The largest absolute Gasteiger partial charge is 0.384 e. The number of benzene rings is 2. The Hall–Kier alpha value is -3.35. The lowest BCUT2D eigenvalue weighted by molar-refractivity contribution is -0.136. The molecule has 3 aliphatic rings. The van der Waals surface area contributed by atoms with Crippen LogP contribution >= 0.6 is 0 Å². The highest BCUT2D eigenvalue weighted by molar-refractivity contribution is 6.06. The van der Waals surface area contributed by atoms with Gasteiger partial charge >= 0.3 is 0 Å². The van der Waals surface area contributed by atoms with E-state index in [2.05, 4.69) is 28.1 Å². The first kappa shape index (κ1) is 17.7. The molecule has 0 aliphatic carbocycles. The Kier molecular flexibility index (Phi) is 4.23. The number of amides is 3. The predicted molar refractivity (Wildman–Crippen MR) is 108 cm³/mol. The monoisotopic (exact) mass is 390 g/mol. The molecule has 0 bridgehead atoms. The van der Waals surface area contributed by atoms with Gasteiger partial charge in [0.15, 0.2) is 0 Å². The van der Waals surface area contributed by atoms with Gasteiger partial charge in [0.2, 0.25) is 11.8 Å². The van der Waals surface area contributed by atoms with Gasteiger partial charge in [-0.1, -0.05) is 18.2 Å². The van der Waals surface area contributed by atoms with Crippen molar-refractivity contribution in [2.24, 2.45) is 0 Å². The van der Waals surface area contributed by atoms with Crippen molar-refractivity contribution in [3.8, 4) is 0 Å². The third-order valence-electron chi connectivity index (χ3n) is 5.94. The number of anilines is 2. The maximum atomic E-state index is 13.1. The molecule has 1 atom stereocenters. The molecule has 1 fully saturated rings. The number of rotatable bonds is 4. The summed E-state index contributed by atoms with van der Waals surface area (Å²) in [5, 5.41) is 9.13. The molecule has 0 aromatic heterocycles. The fourth-order valence-electron chi connectivity index (χ4n) is 4.45. The third-order valence-corrected chi connectivity index (χ3v) is 5.94. The summed E-state index contributed by atoms with van der Waals surface area (Å²) in [5.74, 6) is -0.788. The number of fused-ring (bicyclic) bond motifs is 2. The number of nitrogens with zero attached hydrogens (tertiary/aromatic N) is 1. The van der Waals surface area contributed by atoms with Crippen LogP contribution in [-0.4, -0.2) is 35.2 Å². The number of nitrogens with one attached hydrogen (secondary N) is 3. The quantitative estimate of drug-likeness (QED) is 0.695. The lowest BCUT2D eigenvalue weighted by Crippen LogP contribution is -2.52. The molecule has 7 heteroatoms. The lowest BCUT2D eigenvalue weighted by Gasteiger charge is -2.29. The molecular formula is C22H22N4O3. The number of piperidine rings is 1. The zero-order valence-corrected chi connectivity index (χ0v) is 16.0. The number of imide groups is 1. The maximum Gasteiger partial charge on any atom is 0.255 e. The highest BCUT2D eigenvalue weighted by atomic mass is 16.2. The molecule has 0 spiro atoms. The first-order valence-electron chi connectivity index (χ1n) is 9.96. The van der Waals surface area contributed by atoms with Crippen molar-refractivity contribution in [2.75, 3.05) is 17.2 Å². The van der Waals surface area contributed by atoms with E-state index < -0.39 is 6.04 Å². The number of carbonyl (C=O) groups excluding carboxylic acids is 3. The molecule has 3 aliphatic heterocycles. The summed E-state index contributed by atoms with van der Waals surface area (Å²) in [5.41, 5.74) is 6.03. The second-order valence-corrected chi connectivity index (χ2v) is 7.75. The van der Waals surface area contributed by atoms with Crippen LogP contribution in [0.1, 0.15) is 39.9 Å². The van der Waals surface area contributed by atoms with E-state index in [4.69, 9.17) is 0 Å². The minimum absolute atomic E-state index is 0.134. The van der Waals surface area contributed by atoms with Crippen LogP contribution in [0.25, 0.3) is 0 Å². The van der Waals surface area contributed by atoms with Gasteiger partial charge in [-0.25, -0.2) is 0 Å². The van der Waals surface area contributed by atoms with Crippen molar-refractivity contribution in [2.45, 2.75) is 38.4 Å². The summed E-state index contributed by atoms with van der Waals surface area (Å²) < 4.78 is 0. The summed E-state index contributed by atoms with van der Waals surface area (Å²) in [4.78, 5) is 38.4. The molecule has 3 N–H and O–H groups in total. The SMILES string of the molecule is O=C1CCC(N2Cc3cccc(CNc4ccc5c(c4)CCN5)c3C2=O)C(=O)N1. The van der Waals surface area contributed by atoms with Crippen LogP contribution in [0, 0.1) is 0 Å². The van der Waals surface area contributed by atoms with Gasteiger partial charge in [0.1, 0.15) is 6.04 Å². The van der Waals surface area contributed by atoms with Crippen LogP contribution < -0.4 is 16.0 Å². The molecule has 29 heavy (non-hydrogen) atoms. The summed E-state index contributed by atoms with van der Waals surface area (Å²) in [6.07, 6.45) is 1.66. The van der Waals surface area contributed by atoms with E-state index in [0.717, 1.165) is 29.8 Å². The lowest BCUT2D eigenvalue weighted by atomic mass is 10.0. The number of hydrogen-bond acceptors (Lipinski definition) is 5. The van der Waals surface area contributed by atoms with Gasteiger partial charge in [0.05, 0.1) is 0 Å². The summed E-state index contributed by atoms with van der Waals surface area (Å²) in [6, 6.07) is 11.5. The second-order valence-electron chi connectivity index (χ2n) is 7.75. The summed E-state index contributed by atoms with van der Waals surface area (Å²) >= 11 is 0. The fraction of sp³-hybridized carbons (Fsp3) is 0.318. The molecular weight excluding hydrogens is 368 g/mol. The van der Waals surface area contributed by atoms with Crippen molar-refractivity contribution >= 4 is 29.1 Å². The molecule has 5 rings (SSSR count). The van der Waals surface area contributed by atoms with Gasteiger partial charge in [-0.15, -0.1) is 0 Å². The standard InChI is InChI=1S/C22H22N4O3/c27-19-7-6-18(21(28)25-19)26-12-15-3-1-2-14(20(15)22(26)29)11-24-16-4-5-17-13(10-16)8-9-23-17/h1-5,10,18,23-24H,6-9,11-12H2,(H,25,27,28). The molecule has 148 valence electrons. The van der Waals surface area contributed by atoms with Crippen molar-refractivity contribution in [3.05, 3.63) is 58.7 Å². The second kappa shape index (κ2) is 6.92. The van der Waals surface area contributed by atoms with E-state index in [1.165, 1.54) is 11.3 Å². The topological polar surface area (TPSA) is 90.5 Å². The van der Waals surface area contributed by atoms with Crippen molar-refractivity contribution < 1.29 is 14.4 Å². The van der Waals surface area contributed by atoms with Crippen LogP contribution in [0.5, 0.6) is 0 Å². The molecule has 0 radical (unpaired) electrons. The van der Waals surface area contributed by atoms with Gasteiger partial charge in [0.25, 0.3) is 5.91 Å². The van der Waals surface area contributed by atoms with Crippen LogP contribution in [0.4, 0.5) is 11.4 Å². The molecule has 3 heterocycles. The van der Waals surface area contributed by atoms with Crippen molar-refractivity contribution in [1.29, 1.82) is 0 Å². The number of carbonyl (C=O) groups is 3. The Bertz CT molecular complexity index is 1030. The van der Waals surface area contributed by atoms with E-state index in [-0.39, 0.29) is 24.1 Å². The van der Waals surface area contributed by atoms with Crippen LogP contribution in [-0.2, 0) is 29.1 Å². The average molecular weight is 390 g/mol. The molecule has 3 amide bonds. The zero-order valence-electron chi connectivity index (χ0n) is 16.0. The molecule has 1 unspecified atom stereocenters. The molecule has 2 aromatic rings. The van der Waals surface area contributed by atoms with Crippen LogP contribution in [0.2, 0.25) is 0 Å². The Morgan fingerprint density at radius 3 is 2.83 bits per heavy atom. The van der Waals surface area contributed by atoms with E-state index in [1.54, 1.807) is 4.90 Å². The highest BCUT2D eigenvalue weighted by Gasteiger charge is 2.39. The van der Waals surface area contributed by atoms with Crippen molar-refractivity contribution in [3.63, 3.8) is 0 Å². The minimum atomic E-state index is -0.586. The molecule has 7 nitrogen and oxygen atoms in total. The minimum Gasteiger partial charge on any atom is -0.384 e. The van der Waals surface area contributed by atoms with Gasteiger partial charge in [-0.3, -0.25) is 19.7 Å². The van der Waals surface area contributed by atoms with E-state index in [0.29, 0.717) is 25.1 Å². The Morgan fingerprint density at radius 2 is 1.97 bits per heavy atom. The van der Waals surface area contributed by atoms with Gasteiger partial charge in [0, 0.05) is 43.0 Å². The van der Waals surface area contributed by atoms with Gasteiger partial charge < -0.3 is 15.5 Å². The van der Waals surface area contributed by atoms with E-state index in [9.17, 15) is 14.4 Å². The first-order valence-corrected chi connectivity index (χ1v) is 9.96. The smallest absolute Gasteiger partial charge is 0.255 e. The fourth-order valence-corrected chi connectivity index (χ4v) is 4.45. The highest BCUT2D eigenvalue weighted by Crippen LogP contribution is 2.31. The predicted octanol–water partition coefficient (Wildman–Crippen LogP) is 2.03. The zero-order chi connectivity index (χ0) is 20.0. The van der Waals surface area contributed by atoms with Gasteiger partial charge in [-0.05, 0) is 47.7 Å². The Balaban J connectivity index is 1.35.